The fraction of sp³-hybridized carbons (Fsp3) is 0.500. The van der Waals surface area contributed by atoms with E-state index in [9.17, 15) is 12.3 Å². The smallest absolute Gasteiger partial charge is 0.304 e. The summed E-state index contributed by atoms with van der Waals surface area (Å²) < 4.78 is 41.6. The Balaban J connectivity index is 2.30. The van der Waals surface area contributed by atoms with Crippen molar-refractivity contribution < 1.29 is 16.7 Å². The summed E-state index contributed by atoms with van der Waals surface area (Å²) in [6, 6.07) is 3.55. The van der Waals surface area contributed by atoms with E-state index in [2.05, 4.69) is 5.10 Å². The number of nitrogens with zero attached hydrogens (tertiary/aromatic N) is 3. The van der Waals surface area contributed by atoms with Crippen LogP contribution in [-0.2, 0) is 23.8 Å². The maximum Gasteiger partial charge on any atom is 0.304 e. The number of hydrogen-bond acceptors (Lipinski definition) is 5. The minimum atomic E-state index is -4.53. The molecule has 0 saturated carbocycles. The molecule has 6 nitrogen and oxygen atoms in total. The number of furan rings is 1. The molecule has 8 heteroatoms. The van der Waals surface area contributed by atoms with Crippen LogP contribution in [0.3, 0.4) is 0 Å². The minimum Gasteiger partial charge on any atom is -0.467 e. The number of anilines is 1. The summed E-state index contributed by atoms with van der Waals surface area (Å²) in [7, 11) is -2.73. The van der Waals surface area contributed by atoms with Crippen molar-refractivity contribution in [2.24, 2.45) is 7.05 Å². The van der Waals surface area contributed by atoms with Crippen molar-refractivity contribution in [2.75, 3.05) is 17.2 Å². The van der Waals surface area contributed by atoms with Gasteiger partial charge in [0.1, 0.15) is 5.76 Å². The van der Waals surface area contributed by atoms with Crippen LogP contribution in [-0.4, -0.2) is 30.5 Å². The molecule has 0 aliphatic rings. The van der Waals surface area contributed by atoms with Gasteiger partial charge in [0.2, 0.25) is 0 Å². The molecule has 22 heavy (non-hydrogen) atoms. The van der Waals surface area contributed by atoms with Gasteiger partial charge in [-0.05, 0) is 18.1 Å². The van der Waals surface area contributed by atoms with E-state index in [1.807, 2.05) is 20.0 Å². The van der Waals surface area contributed by atoms with Crippen LogP contribution in [0.15, 0.2) is 29.0 Å². The minimum absolute atomic E-state index is 0.0327. The lowest BCUT2D eigenvalue weighted by Crippen LogP contribution is -2.28. The number of aryl methyl sites for hydroxylation is 1. The van der Waals surface area contributed by atoms with E-state index < -0.39 is 16.0 Å². The van der Waals surface area contributed by atoms with Crippen molar-refractivity contribution in [3.05, 3.63) is 36.0 Å². The van der Waals surface area contributed by atoms with Crippen LogP contribution in [0, 0.1) is 0 Å². The normalized spacial score (nSPS) is 12.0. The van der Waals surface area contributed by atoms with Gasteiger partial charge < -0.3 is 9.32 Å². The molecule has 0 saturated heterocycles. The molecule has 0 radical (unpaired) electrons. The first-order valence-corrected chi connectivity index (χ1v) is 8.54. The zero-order chi connectivity index (χ0) is 16.3. The summed E-state index contributed by atoms with van der Waals surface area (Å²) in [6.45, 7) is 4.39. The average molecular weight is 329 g/mol. The van der Waals surface area contributed by atoms with Gasteiger partial charge in [0.15, 0.2) is 0 Å². The van der Waals surface area contributed by atoms with Crippen LogP contribution in [0.2, 0.25) is 0 Å². The zero-order valence-electron chi connectivity index (χ0n) is 12.9. The summed E-state index contributed by atoms with van der Waals surface area (Å²) >= 11 is 0. The average Bonchev–Trinajstić information content (AvgIpc) is 3.02. The second-order valence-electron chi connectivity index (χ2n) is 5.47. The van der Waals surface area contributed by atoms with Gasteiger partial charge in [-0.25, -0.2) is 0 Å². The maximum atomic E-state index is 12.9. The van der Waals surface area contributed by atoms with Gasteiger partial charge in [0.25, 0.3) is 0 Å². The standard InChI is InChI=1S/C14H20FN3O3S/c1-11(2)14-13(10-17(3)16-14)18(6-8-22(15,19)20)9-12-5-4-7-21-12/h4-5,7,10-11H,6,8-9H2,1-3H3. The monoisotopic (exact) mass is 329 g/mol. The molecule has 2 heterocycles. The zero-order valence-corrected chi connectivity index (χ0v) is 13.7. The van der Waals surface area contributed by atoms with Crippen molar-refractivity contribution in [3.8, 4) is 0 Å². The Morgan fingerprint density at radius 3 is 2.73 bits per heavy atom. The molecule has 0 aromatic carbocycles. The summed E-state index contributed by atoms with van der Waals surface area (Å²) in [5.74, 6) is 0.271. The Morgan fingerprint density at radius 2 is 2.18 bits per heavy atom. The Hall–Kier alpha value is -1.83. The Labute approximate surface area is 129 Å². The molecule has 122 valence electrons. The third-order valence-electron chi connectivity index (χ3n) is 3.26. The van der Waals surface area contributed by atoms with Gasteiger partial charge in [-0.3, -0.25) is 4.68 Å². The molecule has 0 atom stereocenters. The van der Waals surface area contributed by atoms with Crippen LogP contribution in [0.5, 0.6) is 0 Å². The Morgan fingerprint density at radius 1 is 1.45 bits per heavy atom. The highest BCUT2D eigenvalue weighted by atomic mass is 32.3. The largest absolute Gasteiger partial charge is 0.467 e. The van der Waals surface area contributed by atoms with Crippen molar-refractivity contribution >= 4 is 15.9 Å². The van der Waals surface area contributed by atoms with Crippen LogP contribution >= 0.6 is 0 Å². The molecule has 0 bridgehead atoms. The summed E-state index contributed by atoms with van der Waals surface area (Å²) in [4.78, 5) is 1.78. The predicted octanol–water partition coefficient (Wildman–Crippen LogP) is 2.44. The molecule has 0 unspecified atom stereocenters. The number of hydrogen-bond donors (Lipinski definition) is 0. The van der Waals surface area contributed by atoms with Gasteiger partial charge in [0, 0.05) is 19.8 Å². The van der Waals surface area contributed by atoms with Crippen molar-refractivity contribution in [1.29, 1.82) is 0 Å². The van der Waals surface area contributed by atoms with E-state index in [-0.39, 0.29) is 12.5 Å². The number of aromatic nitrogens is 2. The lowest BCUT2D eigenvalue weighted by Gasteiger charge is -2.23. The molecule has 0 amide bonds. The van der Waals surface area contributed by atoms with E-state index in [1.165, 1.54) is 0 Å². The molecule has 2 aromatic rings. The number of halogens is 1. The first-order chi connectivity index (χ1) is 10.3. The van der Waals surface area contributed by atoms with Crippen molar-refractivity contribution in [3.63, 3.8) is 0 Å². The van der Waals surface area contributed by atoms with Crippen molar-refractivity contribution in [1.82, 2.24) is 9.78 Å². The Kier molecular flexibility index (Phi) is 4.90. The molecule has 2 aromatic heterocycles. The molecule has 0 spiro atoms. The van der Waals surface area contributed by atoms with Crippen LogP contribution in [0.25, 0.3) is 0 Å². The van der Waals surface area contributed by atoms with Crippen LogP contribution < -0.4 is 4.90 Å². The third kappa shape index (κ3) is 4.33. The van der Waals surface area contributed by atoms with E-state index >= 15 is 0 Å². The highest BCUT2D eigenvalue weighted by molar-refractivity contribution is 7.86. The molecule has 2 rings (SSSR count). The van der Waals surface area contributed by atoms with E-state index in [4.69, 9.17) is 4.42 Å². The third-order valence-corrected chi connectivity index (χ3v) is 3.93. The second kappa shape index (κ2) is 6.51. The van der Waals surface area contributed by atoms with Crippen LogP contribution in [0.1, 0.15) is 31.2 Å². The highest BCUT2D eigenvalue weighted by Crippen LogP contribution is 2.27. The molecule has 0 aliphatic carbocycles. The molecule has 0 N–H and O–H groups in total. The quantitative estimate of drug-likeness (QED) is 0.730. The molecule has 0 fully saturated rings. The topological polar surface area (TPSA) is 68.3 Å². The molecular formula is C14H20FN3O3S. The van der Waals surface area contributed by atoms with Gasteiger partial charge in [0.05, 0.1) is 29.9 Å². The predicted molar refractivity (Wildman–Crippen MR) is 81.9 cm³/mol. The lowest BCUT2D eigenvalue weighted by molar-refractivity contribution is 0.501. The van der Waals surface area contributed by atoms with E-state index in [0.29, 0.717) is 12.3 Å². The maximum absolute atomic E-state index is 12.9. The Bertz CT molecular complexity index is 708. The van der Waals surface area contributed by atoms with Gasteiger partial charge in [-0.15, -0.1) is 3.89 Å². The van der Waals surface area contributed by atoms with Crippen LogP contribution in [0.4, 0.5) is 9.57 Å². The first-order valence-electron chi connectivity index (χ1n) is 6.99. The van der Waals surface area contributed by atoms with Gasteiger partial charge >= 0.3 is 10.2 Å². The fourth-order valence-electron chi connectivity index (χ4n) is 2.24. The molecular weight excluding hydrogens is 309 g/mol. The van der Waals surface area contributed by atoms with E-state index in [0.717, 1.165) is 11.4 Å². The highest BCUT2D eigenvalue weighted by Gasteiger charge is 2.20. The first kappa shape index (κ1) is 16.5. The van der Waals surface area contributed by atoms with Crippen molar-refractivity contribution in [2.45, 2.75) is 26.3 Å². The van der Waals surface area contributed by atoms with E-state index in [1.54, 1.807) is 35.0 Å². The summed E-state index contributed by atoms with van der Waals surface area (Å²) in [6.07, 6.45) is 3.36. The fourth-order valence-corrected chi connectivity index (χ4v) is 2.68. The SMILES string of the molecule is CC(C)c1nn(C)cc1N(CCS(=O)(=O)F)Cc1ccco1. The summed E-state index contributed by atoms with van der Waals surface area (Å²) in [5.41, 5.74) is 1.63. The summed E-state index contributed by atoms with van der Waals surface area (Å²) in [5, 5.41) is 4.41. The molecule has 0 aliphatic heterocycles. The second-order valence-corrected chi connectivity index (χ2v) is 6.96. The van der Waals surface area contributed by atoms with Gasteiger partial charge in [-0.1, -0.05) is 13.8 Å². The number of rotatable bonds is 7. The van der Waals surface area contributed by atoms with Gasteiger partial charge in [-0.2, -0.15) is 13.5 Å². The lowest BCUT2D eigenvalue weighted by atomic mass is 10.1.